The topological polar surface area (TPSA) is 49.8 Å². The van der Waals surface area contributed by atoms with Crippen LogP contribution in [0.2, 0.25) is 0 Å². The Morgan fingerprint density at radius 1 is 1.35 bits per heavy atom. The number of hydrogen-bond acceptors (Lipinski definition) is 3. The Morgan fingerprint density at radius 2 is 2.00 bits per heavy atom. The smallest absolute Gasteiger partial charge is 0.307 e. The van der Waals surface area contributed by atoms with Crippen LogP contribution >= 0.6 is 0 Å². The second-order valence-corrected chi connectivity index (χ2v) is 3.74. The molecule has 0 fully saturated rings. The lowest BCUT2D eigenvalue weighted by atomic mass is 10.1. The SMILES string of the molecule is CCN(CC)c1ccc(CC(=O)O)c(OC)c1. The summed E-state index contributed by atoms with van der Waals surface area (Å²) in [4.78, 5) is 12.9. The molecule has 0 aromatic heterocycles. The van der Waals surface area contributed by atoms with Crippen molar-refractivity contribution in [2.45, 2.75) is 20.3 Å². The van der Waals surface area contributed by atoms with Gasteiger partial charge in [0.15, 0.2) is 0 Å². The van der Waals surface area contributed by atoms with E-state index >= 15 is 0 Å². The highest BCUT2D eigenvalue weighted by atomic mass is 16.5. The molecule has 0 spiro atoms. The van der Waals surface area contributed by atoms with Gasteiger partial charge in [0.2, 0.25) is 0 Å². The molecule has 94 valence electrons. The van der Waals surface area contributed by atoms with E-state index in [9.17, 15) is 4.79 Å². The molecular weight excluding hydrogens is 218 g/mol. The fourth-order valence-electron chi connectivity index (χ4n) is 1.83. The minimum atomic E-state index is -0.848. The molecule has 0 bridgehead atoms. The van der Waals surface area contributed by atoms with Crippen molar-refractivity contribution in [3.8, 4) is 5.75 Å². The van der Waals surface area contributed by atoms with E-state index < -0.39 is 5.97 Å². The molecule has 0 atom stereocenters. The third-order valence-corrected chi connectivity index (χ3v) is 2.74. The third kappa shape index (κ3) is 3.37. The zero-order chi connectivity index (χ0) is 12.8. The lowest BCUT2D eigenvalue weighted by Gasteiger charge is -2.22. The predicted molar refractivity (Wildman–Crippen MR) is 67.9 cm³/mol. The van der Waals surface area contributed by atoms with Crippen LogP contribution in [-0.2, 0) is 11.2 Å². The number of aliphatic carboxylic acids is 1. The Kier molecular flexibility index (Phi) is 4.82. The van der Waals surface area contributed by atoms with Gasteiger partial charge in [-0.1, -0.05) is 6.07 Å². The Morgan fingerprint density at radius 3 is 2.47 bits per heavy atom. The lowest BCUT2D eigenvalue weighted by molar-refractivity contribution is -0.136. The number of ether oxygens (including phenoxy) is 1. The summed E-state index contributed by atoms with van der Waals surface area (Å²) in [7, 11) is 1.56. The first-order valence-electron chi connectivity index (χ1n) is 5.76. The summed E-state index contributed by atoms with van der Waals surface area (Å²) >= 11 is 0. The molecule has 0 aliphatic rings. The normalized spacial score (nSPS) is 10.1. The molecule has 0 aliphatic heterocycles. The standard InChI is InChI=1S/C13H19NO3/c1-4-14(5-2)11-7-6-10(8-13(15)16)12(9-11)17-3/h6-7,9H,4-5,8H2,1-3H3,(H,15,16). The van der Waals surface area contributed by atoms with Gasteiger partial charge in [0.1, 0.15) is 5.75 Å². The summed E-state index contributed by atoms with van der Waals surface area (Å²) in [6.45, 7) is 6.00. The van der Waals surface area contributed by atoms with Crippen LogP contribution in [0.25, 0.3) is 0 Å². The Bertz CT molecular complexity index is 386. The summed E-state index contributed by atoms with van der Waals surface area (Å²) in [6.07, 6.45) is -0.0122. The van der Waals surface area contributed by atoms with E-state index in [1.54, 1.807) is 7.11 Å². The molecular formula is C13H19NO3. The van der Waals surface area contributed by atoms with Gasteiger partial charge in [0.25, 0.3) is 0 Å². The number of hydrogen-bond donors (Lipinski definition) is 1. The zero-order valence-corrected chi connectivity index (χ0v) is 10.6. The molecule has 0 radical (unpaired) electrons. The first kappa shape index (κ1) is 13.4. The van der Waals surface area contributed by atoms with Crippen LogP contribution in [0.1, 0.15) is 19.4 Å². The molecule has 0 heterocycles. The summed E-state index contributed by atoms with van der Waals surface area (Å²) in [5.41, 5.74) is 1.76. The highest BCUT2D eigenvalue weighted by molar-refractivity contribution is 5.72. The maximum Gasteiger partial charge on any atom is 0.307 e. The highest BCUT2D eigenvalue weighted by Crippen LogP contribution is 2.26. The average molecular weight is 237 g/mol. The van der Waals surface area contributed by atoms with E-state index in [1.165, 1.54) is 0 Å². The molecule has 0 aliphatic carbocycles. The van der Waals surface area contributed by atoms with Crippen LogP contribution in [0.15, 0.2) is 18.2 Å². The predicted octanol–water partition coefficient (Wildman–Crippen LogP) is 2.17. The minimum Gasteiger partial charge on any atom is -0.496 e. The summed E-state index contributed by atoms with van der Waals surface area (Å²) in [6, 6.07) is 5.65. The molecule has 17 heavy (non-hydrogen) atoms. The van der Waals surface area contributed by atoms with E-state index in [4.69, 9.17) is 9.84 Å². The molecule has 0 saturated carbocycles. The van der Waals surface area contributed by atoms with Crippen LogP contribution < -0.4 is 9.64 Å². The van der Waals surface area contributed by atoms with Crippen molar-refractivity contribution in [2.75, 3.05) is 25.1 Å². The second-order valence-electron chi connectivity index (χ2n) is 3.74. The Hall–Kier alpha value is -1.71. The van der Waals surface area contributed by atoms with E-state index in [-0.39, 0.29) is 6.42 Å². The quantitative estimate of drug-likeness (QED) is 0.823. The first-order valence-corrected chi connectivity index (χ1v) is 5.76. The van der Waals surface area contributed by atoms with Crippen molar-refractivity contribution in [3.63, 3.8) is 0 Å². The molecule has 0 saturated heterocycles. The van der Waals surface area contributed by atoms with Gasteiger partial charge in [-0.15, -0.1) is 0 Å². The number of benzene rings is 1. The van der Waals surface area contributed by atoms with Gasteiger partial charge in [-0.2, -0.15) is 0 Å². The van der Waals surface area contributed by atoms with E-state index in [0.29, 0.717) is 11.3 Å². The number of carboxylic acid groups (broad SMARTS) is 1. The van der Waals surface area contributed by atoms with Crippen LogP contribution in [0.4, 0.5) is 5.69 Å². The van der Waals surface area contributed by atoms with Crippen molar-refractivity contribution in [2.24, 2.45) is 0 Å². The van der Waals surface area contributed by atoms with Crippen LogP contribution in [0, 0.1) is 0 Å². The van der Waals surface area contributed by atoms with Gasteiger partial charge in [-0.25, -0.2) is 0 Å². The fraction of sp³-hybridized carbons (Fsp3) is 0.462. The van der Waals surface area contributed by atoms with Crippen LogP contribution in [-0.4, -0.2) is 31.3 Å². The molecule has 4 nitrogen and oxygen atoms in total. The summed E-state index contributed by atoms with van der Waals surface area (Å²) < 4.78 is 5.24. The number of methoxy groups -OCH3 is 1. The zero-order valence-electron chi connectivity index (χ0n) is 10.6. The molecule has 4 heteroatoms. The summed E-state index contributed by atoms with van der Waals surface area (Å²) in [5, 5.41) is 8.79. The number of rotatable bonds is 6. The van der Waals surface area contributed by atoms with Crippen molar-refractivity contribution in [3.05, 3.63) is 23.8 Å². The maximum atomic E-state index is 10.7. The largest absolute Gasteiger partial charge is 0.496 e. The molecule has 0 amide bonds. The number of carboxylic acids is 1. The van der Waals surface area contributed by atoms with Crippen LogP contribution in [0.5, 0.6) is 5.75 Å². The second kappa shape index (κ2) is 6.13. The van der Waals surface area contributed by atoms with E-state index in [2.05, 4.69) is 18.7 Å². The highest BCUT2D eigenvalue weighted by Gasteiger charge is 2.10. The van der Waals surface area contributed by atoms with Gasteiger partial charge >= 0.3 is 5.97 Å². The number of anilines is 1. The molecule has 1 aromatic carbocycles. The fourth-order valence-corrected chi connectivity index (χ4v) is 1.83. The van der Waals surface area contributed by atoms with E-state index in [1.807, 2.05) is 18.2 Å². The molecule has 0 unspecified atom stereocenters. The summed E-state index contributed by atoms with van der Waals surface area (Å²) in [5.74, 6) is -0.212. The van der Waals surface area contributed by atoms with Crippen LogP contribution in [0.3, 0.4) is 0 Å². The third-order valence-electron chi connectivity index (χ3n) is 2.74. The first-order chi connectivity index (χ1) is 8.12. The number of nitrogens with zero attached hydrogens (tertiary/aromatic N) is 1. The monoisotopic (exact) mass is 237 g/mol. The molecule has 1 N–H and O–H groups in total. The number of carbonyl (C=O) groups is 1. The maximum absolute atomic E-state index is 10.7. The molecule has 1 aromatic rings. The average Bonchev–Trinajstić information content (AvgIpc) is 2.31. The molecule has 1 rings (SSSR count). The van der Waals surface area contributed by atoms with Gasteiger partial charge < -0.3 is 14.7 Å². The van der Waals surface area contributed by atoms with Crippen molar-refractivity contribution >= 4 is 11.7 Å². The Balaban J connectivity index is 3.03. The van der Waals surface area contributed by atoms with Gasteiger partial charge in [-0.3, -0.25) is 4.79 Å². The van der Waals surface area contributed by atoms with E-state index in [0.717, 1.165) is 18.8 Å². The van der Waals surface area contributed by atoms with Gasteiger partial charge in [0, 0.05) is 30.4 Å². The lowest BCUT2D eigenvalue weighted by Crippen LogP contribution is -2.21. The van der Waals surface area contributed by atoms with Crippen molar-refractivity contribution in [1.82, 2.24) is 0 Å². The minimum absolute atomic E-state index is 0.0122. The van der Waals surface area contributed by atoms with Crippen molar-refractivity contribution in [1.29, 1.82) is 0 Å². The Labute approximate surface area is 102 Å². The van der Waals surface area contributed by atoms with Gasteiger partial charge in [-0.05, 0) is 19.9 Å². The van der Waals surface area contributed by atoms with Gasteiger partial charge in [0.05, 0.1) is 13.5 Å². The van der Waals surface area contributed by atoms with Crippen molar-refractivity contribution < 1.29 is 14.6 Å².